The Kier molecular flexibility index (Phi) is 4.22. The molecule has 3 aromatic rings. The van der Waals surface area contributed by atoms with E-state index in [0.29, 0.717) is 16.5 Å². The summed E-state index contributed by atoms with van der Waals surface area (Å²) in [6.45, 7) is 1.87. The quantitative estimate of drug-likeness (QED) is 0.502. The number of esters is 1. The van der Waals surface area contributed by atoms with Crippen LogP contribution in [0.2, 0.25) is 5.02 Å². The monoisotopic (exact) mass is 329 g/mol. The topological polar surface area (TPSA) is 39.2 Å². The van der Waals surface area contributed by atoms with E-state index in [4.69, 9.17) is 16.3 Å². The number of benzene rings is 2. The van der Waals surface area contributed by atoms with Crippen LogP contribution in [0.1, 0.15) is 15.5 Å². The molecule has 0 saturated heterocycles. The first kappa shape index (κ1) is 14.8. The van der Waals surface area contributed by atoms with E-state index in [2.05, 4.69) is 4.98 Å². The smallest absolute Gasteiger partial charge is 0.363 e. The van der Waals surface area contributed by atoms with Crippen LogP contribution in [-0.2, 0) is 0 Å². The number of hydrogen-bond donors (Lipinski definition) is 0. The average Bonchev–Trinajstić information content (AvgIpc) is 2.92. The number of carbonyl (C=O) groups is 1. The zero-order valence-corrected chi connectivity index (χ0v) is 13.3. The summed E-state index contributed by atoms with van der Waals surface area (Å²) in [6, 6.07) is 16.4. The Hall–Kier alpha value is -2.17. The van der Waals surface area contributed by atoms with Gasteiger partial charge in [-0.15, -0.1) is 11.3 Å². The van der Waals surface area contributed by atoms with E-state index in [0.717, 1.165) is 15.4 Å². The highest BCUT2D eigenvalue weighted by atomic mass is 35.5. The van der Waals surface area contributed by atoms with E-state index in [-0.39, 0.29) is 0 Å². The van der Waals surface area contributed by atoms with Crippen LogP contribution < -0.4 is 4.74 Å². The van der Waals surface area contributed by atoms with E-state index in [1.807, 2.05) is 37.3 Å². The van der Waals surface area contributed by atoms with Gasteiger partial charge in [0.15, 0.2) is 5.69 Å². The molecule has 5 heteroatoms. The number of ether oxygens (including phenoxy) is 1. The SMILES string of the molecule is Cc1nc(C(=O)Oc2ccc(Cl)cc2)c(-c2ccccc2)s1. The van der Waals surface area contributed by atoms with Crippen molar-refractivity contribution in [2.24, 2.45) is 0 Å². The summed E-state index contributed by atoms with van der Waals surface area (Å²) in [5.74, 6) is -0.0235. The summed E-state index contributed by atoms with van der Waals surface area (Å²) in [5, 5.41) is 1.41. The molecule has 0 radical (unpaired) electrons. The summed E-state index contributed by atoms with van der Waals surface area (Å²) in [6.07, 6.45) is 0. The molecular weight excluding hydrogens is 318 g/mol. The van der Waals surface area contributed by atoms with Crippen LogP contribution in [0.25, 0.3) is 10.4 Å². The van der Waals surface area contributed by atoms with Crippen LogP contribution in [0.4, 0.5) is 0 Å². The van der Waals surface area contributed by atoms with E-state index in [9.17, 15) is 4.79 Å². The maximum Gasteiger partial charge on any atom is 0.363 e. The van der Waals surface area contributed by atoms with Crippen LogP contribution in [0.15, 0.2) is 54.6 Å². The number of halogens is 1. The van der Waals surface area contributed by atoms with Crippen molar-refractivity contribution in [3.8, 4) is 16.2 Å². The second kappa shape index (κ2) is 6.30. The Morgan fingerprint density at radius 2 is 1.77 bits per heavy atom. The van der Waals surface area contributed by atoms with E-state index < -0.39 is 5.97 Å². The molecule has 0 spiro atoms. The van der Waals surface area contributed by atoms with Gasteiger partial charge in [-0.3, -0.25) is 0 Å². The lowest BCUT2D eigenvalue weighted by Crippen LogP contribution is -2.10. The molecule has 0 N–H and O–H groups in total. The Balaban J connectivity index is 1.91. The van der Waals surface area contributed by atoms with Crippen molar-refractivity contribution in [3.05, 3.63) is 70.3 Å². The molecule has 0 saturated carbocycles. The fourth-order valence-corrected chi connectivity index (χ4v) is 3.05. The van der Waals surface area contributed by atoms with Gasteiger partial charge < -0.3 is 4.74 Å². The Morgan fingerprint density at radius 1 is 1.09 bits per heavy atom. The molecule has 22 heavy (non-hydrogen) atoms. The van der Waals surface area contributed by atoms with Gasteiger partial charge in [0.25, 0.3) is 0 Å². The van der Waals surface area contributed by atoms with Crippen LogP contribution in [0.5, 0.6) is 5.75 Å². The van der Waals surface area contributed by atoms with Gasteiger partial charge in [-0.2, -0.15) is 0 Å². The second-order valence-corrected chi connectivity index (χ2v) is 6.26. The molecule has 0 aliphatic carbocycles. The Bertz CT molecular complexity index is 797. The molecule has 0 unspecified atom stereocenters. The van der Waals surface area contributed by atoms with Crippen molar-refractivity contribution in [2.45, 2.75) is 6.92 Å². The highest BCUT2D eigenvalue weighted by Gasteiger charge is 2.20. The second-order valence-electron chi connectivity index (χ2n) is 4.62. The highest BCUT2D eigenvalue weighted by Crippen LogP contribution is 2.30. The number of carbonyl (C=O) groups excluding carboxylic acids is 1. The lowest BCUT2D eigenvalue weighted by Gasteiger charge is -2.04. The van der Waals surface area contributed by atoms with Crippen LogP contribution in [0, 0.1) is 6.92 Å². The van der Waals surface area contributed by atoms with Crippen molar-refractivity contribution in [1.29, 1.82) is 0 Å². The maximum absolute atomic E-state index is 12.4. The molecule has 0 bridgehead atoms. The summed E-state index contributed by atoms with van der Waals surface area (Å²) < 4.78 is 5.38. The molecular formula is C17H12ClNO2S. The van der Waals surface area contributed by atoms with Gasteiger partial charge in [-0.1, -0.05) is 41.9 Å². The number of rotatable bonds is 3. The third kappa shape index (κ3) is 3.18. The molecule has 0 aliphatic heterocycles. The lowest BCUT2D eigenvalue weighted by molar-refractivity contribution is 0.0730. The van der Waals surface area contributed by atoms with Crippen LogP contribution in [0.3, 0.4) is 0 Å². The van der Waals surface area contributed by atoms with Gasteiger partial charge in [-0.05, 0) is 36.8 Å². The summed E-state index contributed by atoms with van der Waals surface area (Å²) in [5.41, 5.74) is 1.29. The van der Waals surface area contributed by atoms with Crippen molar-refractivity contribution in [3.63, 3.8) is 0 Å². The summed E-state index contributed by atoms with van der Waals surface area (Å²) in [4.78, 5) is 17.5. The average molecular weight is 330 g/mol. The third-order valence-electron chi connectivity index (χ3n) is 2.99. The molecule has 2 aromatic carbocycles. The predicted molar refractivity (Wildman–Crippen MR) is 88.7 cm³/mol. The first-order chi connectivity index (χ1) is 10.6. The van der Waals surface area contributed by atoms with Gasteiger partial charge in [0.1, 0.15) is 5.75 Å². The summed E-state index contributed by atoms with van der Waals surface area (Å²) in [7, 11) is 0. The molecule has 1 heterocycles. The van der Waals surface area contributed by atoms with Gasteiger partial charge in [-0.25, -0.2) is 9.78 Å². The van der Waals surface area contributed by atoms with Crippen molar-refractivity contribution in [2.75, 3.05) is 0 Å². The number of nitrogens with zero attached hydrogens (tertiary/aromatic N) is 1. The number of thiazole rings is 1. The van der Waals surface area contributed by atoms with Crippen molar-refractivity contribution >= 4 is 28.9 Å². The zero-order valence-electron chi connectivity index (χ0n) is 11.7. The van der Waals surface area contributed by atoms with Gasteiger partial charge in [0.2, 0.25) is 0 Å². The molecule has 3 nitrogen and oxygen atoms in total. The minimum Gasteiger partial charge on any atom is -0.422 e. The van der Waals surface area contributed by atoms with E-state index in [1.165, 1.54) is 11.3 Å². The molecule has 0 amide bonds. The van der Waals surface area contributed by atoms with Crippen molar-refractivity contribution in [1.82, 2.24) is 4.98 Å². The van der Waals surface area contributed by atoms with Gasteiger partial charge in [0, 0.05) is 5.02 Å². The van der Waals surface area contributed by atoms with Gasteiger partial charge >= 0.3 is 5.97 Å². The first-order valence-electron chi connectivity index (χ1n) is 6.64. The predicted octanol–water partition coefficient (Wildman–Crippen LogP) is 4.99. The third-order valence-corrected chi connectivity index (χ3v) is 4.26. The normalized spacial score (nSPS) is 10.5. The largest absolute Gasteiger partial charge is 0.422 e. The Labute approximate surface area is 137 Å². The maximum atomic E-state index is 12.4. The molecule has 110 valence electrons. The fraction of sp³-hybridized carbons (Fsp3) is 0.0588. The number of aromatic nitrogens is 1. The Morgan fingerprint density at radius 3 is 2.45 bits per heavy atom. The van der Waals surface area contributed by atoms with Crippen molar-refractivity contribution < 1.29 is 9.53 Å². The van der Waals surface area contributed by atoms with E-state index in [1.54, 1.807) is 24.3 Å². The molecule has 0 aliphatic rings. The zero-order chi connectivity index (χ0) is 15.5. The number of hydrogen-bond acceptors (Lipinski definition) is 4. The van der Waals surface area contributed by atoms with Gasteiger partial charge in [0.05, 0.1) is 9.88 Å². The van der Waals surface area contributed by atoms with E-state index >= 15 is 0 Å². The first-order valence-corrected chi connectivity index (χ1v) is 7.83. The molecule has 0 atom stereocenters. The molecule has 0 fully saturated rings. The molecule has 3 rings (SSSR count). The molecule has 1 aromatic heterocycles. The lowest BCUT2D eigenvalue weighted by atomic mass is 10.1. The fourth-order valence-electron chi connectivity index (χ4n) is 2.01. The number of aryl methyl sites for hydroxylation is 1. The highest BCUT2D eigenvalue weighted by molar-refractivity contribution is 7.15. The van der Waals surface area contributed by atoms with Crippen LogP contribution >= 0.6 is 22.9 Å². The van der Waals surface area contributed by atoms with Crippen LogP contribution in [-0.4, -0.2) is 11.0 Å². The summed E-state index contributed by atoms with van der Waals surface area (Å²) >= 11 is 7.30. The minimum atomic E-state index is -0.467. The minimum absolute atomic E-state index is 0.337. The standard InChI is InChI=1S/C17H12ClNO2S/c1-11-19-15(16(22-11)12-5-3-2-4-6-12)17(20)21-14-9-7-13(18)8-10-14/h2-10H,1H3.